The summed E-state index contributed by atoms with van der Waals surface area (Å²) in [5.41, 5.74) is 0.411. The van der Waals surface area contributed by atoms with E-state index in [0.717, 1.165) is 4.57 Å². The van der Waals surface area contributed by atoms with Crippen molar-refractivity contribution in [2.45, 2.75) is 33.0 Å². The number of ether oxygens (including phenoxy) is 1. The average molecular weight is 292 g/mol. The first kappa shape index (κ1) is 15.5. The summed E-state index contributed by atoms with van der Waals surface area (Å²) >= 11 is 0. The molecule has 0 aromatic carbocycles. The SMILES string of the molecule is CC(C)(C)OC(=O)n1c(B(O)O)cc2nc(CO)ccc21. The van der Waals surface area contributed by atoms with E-state index in [9.17, 15) is 14.8 Å². The zero-order chi connectivity index (χ0) is 15.8. The van der Waals surface area contributed by atoms with Crippen molar-refractivity contribution in [3.63, 3.8) is 0 Å². The summed E-state index contributed by atoms with van der Waals surface area (Å²) in [6, 6.07) is 4.50. The predicted octanol–water partition coefficient (Wildman–Crippen LogP) is -0.00840. The molecule has 8 heteroatoms. The van der Waals surface area contributed by atoms with Gasteiger partial charge in [0.25, 0.3) is 0 Å². The lowest BCUT2D eigenvalue weighted by Gasteiger charge is -2.20. The fourth-order valence-electron chi connectivity index (χ4n) is 1.94. The summed E-state index contributed by atoms with van der Waals surface area (Å²) in [5, 5.41) is 27.9. The first-order chi connectivity index (χ1) is 9.73. The summed E-state index contributed by atoms with van der Waals surface area (Å²) < 4.78 is 6.33. The van der Waals surface area contributed by atoms with Gasteiger partial charge < -0.3 is 19.9 Å². The van der Waals surface area contributed by atoms with E-state index in [1.165, 1.54) is 6.07 Å². The molecule has 0 atom stereocenters. The zero-order valence-corrected chi connectivity index (χ0v) is 12.1. The van der Waals surface area contributed by atoms with Gasteiger partial charge in [0.05, 0.1) is 28.9 Å². The van der Waals surface area contributed by atoms with Gasteiger partial charge >= 0.3 is 13.2 Å². The molecular weight excluding hydrogens is 275 g/mol. The molecule has 2 aromatic heterocycles. The van der Waals surface area contributed by atoms with E-state index in [1.54, 1.807) is 32.9 Å². The molecule has 112 valence electrons. The van der Waals surface area contributed by atoms with Crippen LogP contribution in [-0.4, -0.2) is 43.5 Å². The molecule has 0 fully saturated rings. The lowest BCUT2D eigenvalue weighted by molar-refractivity contribution is 0.0547. The third kappa shape index (κ3) is 3.23. The number of fused-ring (bicyclic) bond motifs is 1. The molecule has 0 amide bonds. The fourth-order valence-corrected chi connectivity index (χ4v) is 1.94. The average Bonchev–Trinajstić information content (AvgIpc) is 2.74. The van der Waals surface area contributed by atoms with E-state index in [4.69, 9.17) is 9.84 Å². The lowest BCUT2D eigenvalue weighted by Crippen LogP contribution is -2.40. The van der Waals surface area contributed by atoms with E-state index >= 15 is 0 Å². The van der Waals surface area contributed by atoms with Crippen LogP contribution >= 0.6 is 0 Å². The minimum atomic E-state index is -1.84. The Labute approximate surface area is 121 Å². The Bertz CT molecular complexity index is 675. The first-order valence-corrected chi connectivity index (χ1v) is 6.44. The number of aromatic nitrogens is 2. The van der Waals surface area contributed by atoms with Gasteiger partial charge in [0.1, 0.15) is 5.60 Å². The Morgan fingerprint density at radius 1 is 1.38 bits per heavy atom. The van der Waals surface area contributed by atoms with Crippen molar-refractivity contribution in [3.05, 3.63) is 23.9 Å². The summed E-state index contributed by atoms with van der Waals surface area (Å²) in [6.07, 6.45) is -0.723. The molecule has 0 aliphatic rings. The lowest BCUT2D eigenvalue weighted by atomic mass is 9.86. The van der Waals surface area contributed by atoms with E-state index < -0.39 is 18.8 Å². The molecule has 3 N–H and O–H groups in total. The van der Waals surface area contributed by atoms with Crippen molar-refractivity contribution in [1.29, 1.82) is 0 Å². The number of aliphatic hydroxyl groups excluding tert-OH is 1. The number of nitrogens with zero attached hydrogens (tertiary/aromatic N) is 2. The summed E-state index contributed by atoms with van der Waals surface area (Å²) in [6.45, 7) is 4.90. The largest absolute Gasteiger partial charge is 0.506 e. The van der Waals surface area contributed by atoms with Crippen LogP contribution in [0.4, 0.5) is 4.79 Å². The second-order valence-electron chi connectivity index (χ2n) is 5.62. The van der Waals surface area contributed by atoms with Crippen LogP contribution in [0, 0.1) is 0 Å². The highest BCUT2D eigenvalue weighted by molar-refractivity contribution is 6.58. The number of hydrogen-bond acceptors (Lipinski definition) is 6. The second kappa shape index (κ2) is 5.47. The number of rotatable bonds is 2. The predicted molar refractivity (Wildman–Crippen MR) is 77.1 cm³/mol. The maximum Gasteiger partial charge on any atom is 0.506 e. The van der Waals surface area contributed by atoms with Crippen molar-refractivity contribution in [2.24, 2.45) is 0 Å². The smallest absolute Gasteiger partial charge is 0.443 e. The van der Waals surface area contributed by atoms with Crippen molar-refractivity contribution in [3.8, 4) is 0 Å². The van der Waals surface area contributed by atoms with Gasteiger partial charge in [0.15, 0.2) is 0 Å². The van der Waals surface area contributed by atoms with Crippen LogP contribution in [0.1, 0.15) is 26.5 Å². The van der Waals surface area contributed by atoms with Gasteiger partial charge in [-0.3, -0.25) is 4.57 Å². The van der Waals surface area contributed by atoms with Gasteiger partial charge in [-0.2, -0.15) is 0 Å². The third-order valence-electron chi connectivity index (χ3n) is 2.75. The van der Waals surface area contributed by atoms with E-state index in [1.807, 2.05) is 0 Å². The van der Waals surface area contributed by atoms with Gasteiger partial charge in [0.2, 0.25) is 0 Å². The maximum absolute atomic E-state index is 12.3. The molecule has 0 saturated heterocycles. The Hall–Kier alpha value is -1.90. The zero-order valence-electron chi connectivity index (χ0n) is 12.1. The van der Waals surface area contributed by atoms with Gasteiger partial charge in [0, 0.05) is 0 Å². The Balaban J connectivity index is 2.59. The number of carbonyl (C=O) groups is 1. The van der Waals surface area contributed by atoms with Crippen LogP contribution in [0.25, 0.3) is 11.0 Å². The molecule has 7 nitrogen and oxygen atoms in total. The van der Waals surface area contributed by atoms with E-state index in [0.29, 0.717) is 16.7 Å². The summed E-state index contributed by atoms with van der Waals surface area (Å²) in [4.78, 5) is 16.4. The summed E-state index contributed by atoms with van der Waals surface area (Å²) in [5.74, 6) is 0. The summed E-state index contributed by atoms with van der Waals surface area (Å²) in [7, 11) is -1.84. The van der Waals surface area contributed by atoms with Crippen molar-refractivity contribution >= 4 is 29.8 Å². The van der Waals surface area contributed by atoms with Crippen molar-refractivity contribution in [2.75, 3.05) is 0 Å². The maximum atomic E-state index is 12.3. The molecule has 0 saturated carbocycles. The van der Waals surface area contributed by atoms with Gasteiger partial charge in [-0.15, -0.1) is 0 Å². The number of aliphatic hydroxyl groups is 1. The van der Waals surface area contributed by atoms with Gasteiger partial charge in [-0.25, -0.2) is 9.78 Å². The Morgan fingerprint density at radius 2 is 2.05 bits per heavy atom. The molecule has 2 heterocycles. The molecule has 2 aromatic rings. The molecule has 0 spiro atoms. The molecule has 0 radical (unpaired) electrons. The van der Waals surface area contributed by atoms with Crippen molar-refractivity contribution in [1.82, 2.24) is 9.55 Å². The van der Waals surface area contributed by atoms with Crippen molar-refractivity contribution < 1.29 is 24.7 Å². The van der Waals surface area contributed by atoms with Crippen LogP contribution in [0.15, 0.2) is 18.2 Å². The highest BCUT2D eigenvalue weighted by atomic mass is 16.6. The molecule has 2 rings (SSSR count). The fraction of sp³-hybridized carbons (Fsp3) is 0.385. The number of pyridine rings is 1. The van der Waals surface area contributed by atoms with E-state index in [2.05, 4.69) is 4.98 Å². The Kier molecular flexibility index (Phi) is 4.04. The van der Waals surface area contributed by atoms with Crippen LogP contribution in [-0.2, 0) is 11.3 Å². The number of carbonyl (C=O) groups excluding carboxylic acids is 1. The highest BCUT2D eigenvalue weighted by Crippen LogP contribution is 2.16. The topological polar surface area (TPSA) is 105 Å². The minimum absolute atomic E-state index is 0.0400. The Morgan fingerprint density at radius 3 is 2.57 bits per heavy atom. The molecule has 0 aliphatic carbocycles. The quantitative estimate of drug-likeness (QED) is 0.672. The third-order valence-corrected chi connectivity index (χ3v) is 2.75. The first-order valence-electron chi connectivity index (χ1n) is 6.44. The minimum Gasteiger partial charge on any atom is -0.443 e. The molecule has 0 aliphatic heterocycles. The van der Waals surface area contributed by atoms with Gasteiger partial charge in [-0.1, -0.05) is 0 Å². The highest BCUT2D eigenvalue weighted by Gasteiger charge is 2.27. The normalized spacial score (nSPS) is 11.7. The van der Waals surface area contributed by atoms with E-state index in [-0.39, 0.29) is 12.2 Å². The molecular formula is C13H17BN2O5. The van der Waals surface area contributed by atoms with Crippen LogP contribution in [0.2, 0.25) is 0 Å². The number of hydrogen-bond donors (Lipinski definition) is 3. The second-order valence-corrected chi connectivity index (χ2v) is 5.62. The molecule has 21 heavy (non-hydrogen) atoms. The molecule has 0 bridgehead atoms. The monoisotopic (exact) mass is 292 g/mol. The van der Waals surface area contributed by atoms with Crippen LogP contribution in [0.5, 0.6) is 0 Å². The van der Waals surface area contributed by atoms with Crippen LogP contribution < -0.4 is 5.59 Å². The van der Waals surface area contributed by atoms with Crippen LogP contribution in [0.3, 0.4) is 0 Å². The molecule has 0 unspecified atom stereocenters. The standard InChI is InChI=1S/C13H17BN2O5/c1-13(2,3)21-12(18)16-10-5-4-8(7-17)15-9(10)6-11(16)14(19)20/h4-6,17,19-20H,7H2,1-3H3. The van der Waals surface area contributed by atoms with Gasteiger partial charge in [-0.05, 0) is 39.0 Å².